The van der Waals surface area contributed by atoms with Crippen LogP contribution in [0.1, 0.15) is 27.2 Å². The molecule has 1 aliphatic heterocycles. The van der Waals surface area contributed by atoms with Crippen LogP contribution in [0.5, 0.6) is 0 Å². The van der Waals surface area contributed by atoms with E-state index < -0.39 is 5.54 Å². The van der Waals surface area contributed by atoms with Crippen molar-refractivity contribution >= 4 is 11.8 Å². The summed E-state index contributed by atoms with van der Waals surface area (Å²) in [6, 6.07) is 3.72. The largest absolute Gasteiger partial charge is 0.349 e. The second kappa shape index (κ2) is 5.07. The van der Waals surface area contributed by atoms with Crippen LogP contribution < -0.4 is 5.32 Å². The molecule has 1 fully saturated rings. The highest BCUT2D eigenvalue weighted by Gasteiger charge is 2.34. The van der Waals surface area contributed by atoms with Crippen molar-refractivity contribution in [3.63, 3.8) is 0 Å². The quantitative estimate of drug-likeness (QED) is 0.879. The van der Waals surface area contributed by atoms with Gasteiger partial charge in [0.15, 0.2) is 0 Å². The lowest BCUT2D eigenvalue weighted by atomic mass is 10.0. The minimum Gasteiger partial charge on any atom is -0.349 e. The van der Waals surface area contributed by atoms with Gasteiger partial charge in [-0.05, 0) is 32.9 Å². The Hall–Kier alpha value is -1.78. The number of nitrogens with one attached hydrogen (secondary N) is 1. The van der Waals surface area contributed by atoms with E-state index in [0.717, 1.165) is 0 Å². The smallest absolute Gasteiger partial charge is 0.245 e. The van der Waals surface area contributed by atoms with Crippen molar-refractivity contribution in [3.8, 4) is 0 Å². The number of carbonyl (C=O) groups excluding carboxylic acids is 2. The highest BCUT2D eigenvalue weighted by atomic mass is 16.2. The minimum atomic E-state index is -0.647. The maximum atomic E-state index is 12.4. The van der Waals surface area contributed by atoms with Gasteiger partial charge in [-0.1, -0.05) is 0 Å². The molecular weight excluding hydrogens is 242 g/mol. The fourth-order valence-corrected chi connectivity index (χ4v) is 2.36. The molecule has 0 spiro atoms. The molecule has 0 radical (unpaired) electrons. The molecule has 0 saturated carbocycles. The first kappa shape index (κ1) is 13.6. The third kappa shape index (κ3) is 2.64. The SMILES string of the molecule is CCN1C[C@H](NC(=O)C(C)(C)n2cccc2)CC1=O. The Labute approximate surface area is 113 Å². The number of amides is 2. The van der Waals surface area contributed by atoms with E-state index in [4.69, 9.17) is 0 Å². The van der Waals surface area contributed by atoms with E-state index in [9.17, 15) is 9.59 Å². The molecule has 0 aliphatic carbocycles. The number of rotatable bonds is 4. The maximum Gasteiger partial charge on any atom is 0.245 e. The first-order valence-electron chi connectivity index (χ1n) is 6.67. The van der Waals surface area contributed by atoms with Gasteiger partial charge in [0.05, 0.1) is 6.04 Å². The lowest BCUT2D eigenvalue weighted by Crippen LogP contribution is -2.48. The van der Waals surface area contributed by atoms with Crippen LogP contribution in [0.15, 0.2) is 24.5 Å². The predicted molar refractivity (Wildman–Crippen MR) is 72.6 cm³/mol. The summed E-state index contributed by atoms with van der Waals surface area (Å²) in [5, 5.41) is 2.98. The number of aromatic nitrogens is 1. The van der Waals surface area contributed by atoms with Gasteiger partial charge in [-0.2, -0.15) is 0 Å². The highest BCUT2D eigenvalue weighted by molar-refractivity contribution is 5.86. The van der Waals surface area contributed by atoms with Crippen LogP contribution in [0.4, 0.5) is 0 Å². The van der Waals surface area contributed by atoms with Crippen molar-refractivity contribution in [2.45, 2.75) is 38.8 Å². The van der Waals surface area contributed by atoms with Gasteiger partial charge in [-0.25, -0.2) is 0 Å². The van der Waals surface area contributed by atoms with Crippen molar-refractivity contribution in [1.82, 2.24) is 14.8 Å². The van der Waals surface area contributed by atoms with Gasteiger partial charge >= 0.3 is 0 Å². The average Bonchev–Trinajstić information content (AvgIpc) is 2.98. The molecule has 1 N–H and O–H groups in total. The number of likely N-dealkylation sites (tertiary alicyclic amines) is 1. The molecule has 0 bridgehead atoms. The first-order chi connectivity index (χ1) is 8.95. The van der Waals surface area contributed by atoms with Gasteiger partial charge in [0.2, 0.25) is 11.8 Å². The van der Waals surface area contributed by atoms with Gasteiger partial charge in [-0.3, -0.25) is 9.59 Å². The van der Waals surface area contributed by atoms with Gasteiger partial charge in [0, 0.05) is 31.9 Å². The number of hydrogen-bond donors (Lipinski definition) is 1. The molecule has 1 aliphatic rings. The third-order valence-corrected chi connectivity index (χ3v) is 3.74. The van der Waals surface area contributed by atoms with Gasteiger partial charge < -0.3 is 14.8 Å². The van der Waals surface area contributed by atoms with E-state index in [0.29, 0.717) is 19.5 Å². The molecule has 5 heteroatoms. The molecule has 0 unspecified atom stereocenters. The molecule has 5 nitrogen and oxygen atoms in total. The molecule has 1 atom stereocenters. The molecule has 19 heavy (non-hydrogen) atoms. The molecule has 1 aromatic rings. The van der Waals surface area contributed by atoms with Gasteiger partial charge in [0.25, 0.3) is 0 Å². The molecule has 1 aromatic heterocycles. The molecule has 104 valence electrons. The Morgan fingerprint density at radius 1 is 1.42 bits per heavy atom. The highest BCUT2D eigenvalue weighted by Crippen LogP contribution is 2.17. The van der Waals surface area contributed by atoms with Crippen molar-refractivity contribution in [2.24, 2.45) is 0 Å². The molecule has 0 aromatic carbocycles. The number of hydrogen-bond acceptors (Lipinski definition) is 2. The van der Waals surface area contributed by atoms with Crippen LogP contribution in [-0.4, -0.2) is 40.4 Å². The van der Waals surface area contributed by atoms with Gasteiger partial charge in [-0.15, -0.1) is 0 Å². The third-order valence-electron chi connectivity index (χ3n) is 3.74. The topological polar surface area (TPSA) is 54.3 Å². The Kier molecular flexibility index (Phi) is 3.64. The molecule has 2 heterocycles. The van der Waals surface area contributed by atoms with E-state index in [1.54, 1.807) is 4.90 Å². The zero-order chi connectivity index (χ0) is 14.0. The summed E-state index contributed by atoms with van der Waals surface area (Å²) in [6.07, 6.45) is 4.15. The standard InChI is InChI=1S/C14H21N3O2/c1-4-16-10-11(9-12(16)18)15-13(19)14(2,3)17-7-5-6-8-17/h5-8,11H,4,9-10H2,1-3H3,(H,15,19)/t11-/m1/s1. The summed E-state index contributed by atoms with van der Waals surface area (Å²) in [4.78, 5) is 25.8. The van der Waals surface area contributed by atoms with E-state index in [1.807, 2.05) is 49.9 Å². The van der Waals surface area contributed by atoms with Gasteiger partial charge in [0.1, 0.15) is 5.54 Å². The van der Waals surface area contributed by atoms with E-state index in [1.165, 1.54) is 0 Å². The molecule has 2 rings (SSSR count). The van der Waals surface area contributed by atoms with Crippen LogP contribution in [0.3, 0.4) is 0 Å². The summed E-state index contributed by atoms with van der Waals surface area (Å²) in [6.45, 7) is 7.01. The Morgan fingerprint density at radius 2 is 2.05 bits per heavy atom. The number of nitrogens with zero attached hydrogens (tertiary/aromatic N) is 2. The summed E-state index contributed by atoms with van der Waals surface area (Å²) >= 11 is 0. The fraction of sp³-hybridized carbons (Fsp3) is 0.571. The first-order valence-corrected chi connectivity index (χ1v) is 6.67. The van der Waals surface area contributed by atoms with Crippen LogP contribution >= 0.6 is 0 Å². The fourth-order valence-electron chi connectivity index (χ4n) is 2.36. The number of carbonyl (C=O) groups is 2. The lowest BCUT2D eigenvalue weighted by Gasteiger charge is -2.27. The normalized spacial score (nSPS) is 19.8. The van der Waals surface area contributed by atoms with Crippen LogP contribution in [0.2, 0.25) is 0 Å². The zero-order valence-corrected chi connectivity index (χ0v) is 11.7. The van der Waals surface area contributed by atoms with Crippen LogP contribution in [-0.2, 0) is 15.1 Å². The second-order valence-electron chi connectivity index (χ2n) is 5.46. The average molecular weight is 263 g/mol. The van der Waals surface area contributed by atoms with E-state index >= 15 is 0 Å². The van der Waals surface area contributed by atoms with Crippen molar-refractivity contribution in [3.05, 3.63) is 24.5 Å². The summed E-state index contributed by atoms with van der Waals surface area (Å²) in [7, 11) is 0. The van der Waals surface area contributed by atoms with Crippen LogP contribution in [0, 0.1) is 0 Å². The number of likely N-dealkylation sites (N-methyl/N-ethyl adjacent to an activating group) is 1. The molecular formula is C14H21N3O2. The molecule has 1 saturated heterocycles. The summed E-state index contributed by atoms with van der Waals surface area (Å²) < 4.78 is 1.87. The van der Waals surface area contributed by atoms with Crippen molar-refractivity contribution in [2.75, 3.05) is 13.1 Å². The van der Waals surface area contributed by atoms with Crippen LogP contribution in [0.25, 0.3) is 0 Å². The maximum absolute atomic E-state index is 12.4. The molecule has 2 amide bonds. The Balaban J connectivity index is 2.00. The van der Waals surface area contributed by atoms with Crippen molar-refractivity contribution < 1.29 is 9.59 Å². The monoisotopic (exact) mass is 263 g/mol. The summed E-state index contributed by atoms with van der Waals surface area (Å²) in [5.41, 5.74) is -0.647. The van der Waals surface area contributed by atoms with E-state index in [2.05, 4.69) is 5.32 Å². The Bertz CT molecular complexity index is 465. The summed E-state index contributed by atoms with van der Waals surface area (Å²) in [5.74, 6) is 0.0611. The predicted octanol–water partition coefficient (Wildman–Crippen LogP) is 0.960. The lowest BCUT2D eigenvalue weighted by molar-refractivity contribution is -0.129. The Morgan fingerprint density at radius 3 is 2.58 bits per heavy atom. The minimum absolute atomic E-state index is 0.0561. The van der Waals surface area contributed by atoms with E-state index in [-0.39, 0.29) is 17.9 Å². The second-order valence-corrected chi connectivity index (χ2v) is 5.46. The van der Waals surface area contributed by atoms with Crippen molar-refractivity contribution in [1.29, 1.82) is 0 Å². The zero-order valence-electron chi connectivity index (χ0n) is 11.7.